The van der Waals surface area contributed by atoms with Crippen LogP contribution in [-0.4, -0.2) is 11.6 Å². The lowest BCUT2D eigenvalue weighted by Gasteiger charge is -2.04. The van der Waals surface area contributed by atoms with E-state index >= 15 is 0 Å². The largest absolute Gasteiger partial charge is 0.491 e. The standard InChI is InChI=1S/C11H13NOS2/c1-2-3-7-13-8-5-4-6-9-10(8)12-11(14)15-9/h4-6H,2-3,7H2,1H3,(H,12,14). The fourth-order valence-electron chi connectivity index (χ4n) is 1.35. The van der Waals surface area contributed by atoms with Crippen LogP contribution in [0.15, 0.2) is 22.5 Å². The monoisotopic (exact) mass is 239 g/mol. The van der Waals surface area contributed by atoms with E-state index in [4.69, 9.17) is 4.74 Å². The van der Waals surface area contributed by atoms with Crippen LogP contribution in [0.1, 0.15) is 19.8 Å². The number of hydrogen-bond acceptors (Lipinski definition) is 4. The van der Waals surface area contributed by atoms with Gasteiger partial charge in [-0.15, -0.1) is 24.0 Å². The maximum Gasteiger partial charge on any atom is 0.148 e. The Morgan fingerprint density at radius 3 is 3.13 bits per heavy atom. The Hall–Kier alpha value is -0.740. The van der Waals surface area contributed by atoms with Crippen LogP contribution in [0.25, 0.3) is 10.2 Å². The maximum atomic E-state index is 5.68. The molecule has 0 unspecified atom stereocenters. The summed E-state index contributed by atoms with van der Waals surface area (Å²) in [5, 5.41) is 0. The maximum absolute atomic E-state index is 5.68. The van der Waals surface area contributed by atoms with Crippen molar-refractivity contribution >= 4 is 34.2 Å². The van der Waals surface area contributed by atoms with Crippen molar-refractivity contribution in [1.29, 1.82) is 0 Å². The minimum absolute atomic E-state index is 0.759. The van der Waals surface area contributed by atoms with Crippen LogP contribution >= 0.6 is 24.0 Å². The third-order valence-corrected chi connectivity index (χ3v) is 3.32. The summed E-state index contributed by atoms with van der Waals surface area (Å²) >= 11 is 5.83. The third-order valence-electron chi connectivity index (χ3n) is 2.13. The van der Waals surface area contributed by atoms with Gasteiger partial charge in [0.05, 0.1) is 11.3 Å². The minimum Gasteiger partial charge on any atom is -0.491 e. The van der Waals surface area contributed by atoms with Gasteiger partial charge >= 0.3 is 0 Å². The average Bonchev–Trinajstić information content (AvgIpc) is 2.59. The SMILES string of the molecule is CCCCOc1cccc2sc(S)nc12. The number of para-hydroxylation sites is 1. The van der Waals surface area contributed by atoms with E-state index in [1.807, 2.05) is 18.2 Å². The van der Waals surface area contributed by atoms with E-state index in [0.717, 1.165) is 39.8 Å². The third kappa shape index (κ3) is 2.44. The number of nitrogens with zero attached hydrogens (tertiary/aromatic N) is 1. The number of thiazole rings is 1. The number of hydrogen-bond donors (Lipinski definition) is 1. The van der Waals surface area contributed by atoms with E-state index in [9.17, 15) is 0 Å². The van der Waals surface area contributed by atoms with Gasteiger partial charge in [0, 0.05) is 0 Å². The number of fused-ring (bicyclic) bond motifs is 1. The number of unbranched alkanes of at least 4 members (excludes halogenated alkanes) is 1. The van der Waals surface area contributed by atoms with Crippen molar-refractivity contribution in [2.24, 2.45) is 0 Å². The molecule has 4 heteroatoms. The van der Waals surface area contributed by atoms with Crippen molar-refractivity contribution in [1.82, 2.24) is 4.98 Å². The van der Waals surface area contributed by atoms with Crippen LogP contribution < -0.4 is 4.74 Å². The summed E-state index contributed by atoms with van der Waals surface area (Å²) in [5.74, 6) is 0.873. The first-order valence-corrected chi connectivity index (χ1v) is 6.29. The molecule has 0 spiro atoms. The van der Waals surface area contributed by atoms with Gasteiger partial charge in [-0.1, -0.05) is 19.4 Å². The molecule has 1 aromatic heterocycles. The fraction of sp³-hybridized carbons (Fsp3) is 0.364. The van der Waals surface area contributed by atoms with Gasteiger partial charge in [-0.2, -0.15) is 0 Å². The molecule has 0 aliphatic heterocycles. The van der Waals surface area contributed by atoms with E-state index in [-0.39, 0.29) is 0 Å². The van der Waals surface area contributed by atoms with Crippen molar-refractivity contribution in [2.45, 2.75) is 24.1 Å². The Morgan fingerprint density at radius 2 is 2.33 bits per heavy atom. The van der Waals surface area contributed by atoms with E-state index in [1.54, 1.807) is 11.3 Å². The Bertz CT molecular complexity index is 453. The molecule has 0 fully saturated rings. The molecule has 15 heavy (non-hydrogen) atoms. The summed E-state index contributed by atoms with van der Waals surface area (Å²) in [6, 6.07) is 6.00. The summed E-state index contributed by atoms with van der Waals surface area (Å²) < 4.78 is 7.61. The van der Waals surface area contributed by atoms with E-state index < -0.39 is 0 Å². The first-order chi connectivity index (χ1) is 7.31. The minimum atomic E-state index is 0.759. The van der Waals surface area contributed by atoms with Gasteiger partial charge in [-0.25, -0.2) is 4.98 Å². The topological polar surface area (TPSA) is 22.1 Å². The number of rotatable bonds is 4. The first-order valence-electron chi connectivity index (χ1n) is 5.02. The Labute approximate surface area is 98.7 Å². The van der Waals surface area contributed by atoms with Gasteiger partial charge in [-0.3, -0.25) is 0 Å². The van der Waals surface area contributed by atoms with E-state index in [0.29, 0.717) is 0 Å². The summed E-state index contributed by atoms with van der Waals surface area (Å²) in [7, 11) is 0. The molecule has 0 aliphatic rings. The zero-order chi connectivity index (χ0) is 10.7. The molecular formula is C11H13NOS2. The van der Waals surface area contributed by atoms with Crippen molar-refractivity contribution in [3.05, 3.63) is 18.2 Å². The zero-order valence-corrected chi connectivity index (χ0v) is 10.3. The fourth-order valence-corrected chi connectivity index (χ4v) is 2.47. The van der Waals surface area contributed by atoms with Crippen LogP contribution in [0.2, 0.25) is 0 Å². The molecule has 2 rings (SSSR count). The van der Waals surface area contributed by atoms with E-state index in [1.165, 1.54) is 0 Å². The van der Waals surface area contributed by atoms with Crippen LogP contribution in [-0.2, 0) is 0 Å². The molecule has 2 aromatic rings. The Balaban J connectivity index is 2.25. The predicted octanol–water partition coefficient (Wildman–Crippen LogP) is 3.76. The van der Waals surface area contributed by atoms with Gasteiger partial charge < -0.3 is 4.74 Å². The van der Waals surface area contributed by atoms with Crippen molar-refractivity contribution in [3.8, 4) is 5.75 Å². The molecule has 0 bridgehead atoms. The summed E-state index contributed by atoms with van der Waals surface area (Å²) in [6.45, 7) is 2.91. The van der Waals surface area contributed by atoms with Gasteiger partial charge in [0.15, 0.2) is 0 Å². The second-order valence-corrected chi connectivity index (χ2v) is 5.06. The molecule has 0 aliphatic carbocycles. The lowest BCUT2D eigenvalue weighted by molar-refractivity contribution is 0.312. The molecule has 2 nitrogen and oxygen atoms in total. The highest BCUT2D eigenvalue weighted by Gasteiger charge is 2.06. The molecule has 1 heterocycles. The van der Waals surface area contributed by atoms with Gasteiger partial charge in [-0.05, 0) is 18.6 Å². The van der Waals surface area contributed by atoms with Crippen LogP contribution in [0.3, 0.4) is 0 Å². The molecule has 0 saturated carbocycles. The lowest BCUT2D eigenvalue weighted by atomic mass is 10.3. The first kappa shape index (κ1) is 10.8. The highest BCUT2D eigenvalue weighted by molar-refractivity contribution is 7.82. The van der Waals surface area contributed by atoms with Gasteiger partial charge in [0.25, 0.3) is 0 Å². The quantitative estimate of drug-likeness (QED) is 0.648. The number of ether oxygens (including phenoxy) is 1. The molecule has 1 aromatic carbocycles. The lowest BCUT2D eigenvalue weighted by Crippen LogP contribution is -1.96. The van der Waals surface area contributed by atoms with Crippen molar-refractivity contribution < 1.29 is 4.74 Å². The smallest absolute Gasteiger partial charge is 0.148 e. The van der Waals surface area contributed by atoms with Crippen LogP contribution in [0, 0.1) is 0 Å². The highest BCUT2D eigenvalue weighted by atomic mass is 32.2. The molecule has 0 saturated heterocycles. The average molecular weight is 239 g/mol. The Morgan fingerprint density at radius 1 is 1.47 bits per heavy atom. The number of aromatic nitrogens is 1. The predicted molar refractivity (Wildman–Crippen MR) is 67.3 cm³/mol. The molecule has 0 N–H and O–H groups in total. The van der Waals surface area contributed by atoms with Crippen molar-refractivity contribution in [2.75, 3.05) is 6.61 Å². The molecular weight excluding hydrogens is 226 g/mol. The normalized spacial score (nSPS) is 10.8. The van der Waals surface area contributed by atoms with Crippen LogP contribution in [0.5, 0.6) is 5.75 Å². The highest BCUT2D eigenvalue weighted by Crippen LogP contribution is 2.31. The summed E-state index contributed by atoms with van der Waals surface area (Å²) in [6.07, 6.45) is 2.22. The molecule has 80 valence electrons. The summed E-state index contributed by atoms with van der Waals surface area (Å²) in [4.78, 5) is 4.35. The second kappa shape index (κ2) is 4.86. The molecule has 0 amide bonds. The molecule has 0 radical (unpaired) electrons. The van der Waals surface area contributed by atoms with Gasteiger partial charge in [0.1, 0.15) is 15.6 Å². The van der Waals surface area contributed by atoms with E-state index in [2.05, 4.69) is 24.5 Å². The zero-order valence-electron chi connectivity index (χ0n) is 8.56. The van der Waals surface area contributed by atoms with Crippen molar-refractivity contribution in [3.63, 3.8) is 0 Å². The Kier molecular flexibility index (Phi) is 3.49. The van der Waals surface area contributed by atoms with Gasteiger partial charge in [0.2, 0.25) is 0 Å². The number of thiol groups is 1. The number of benzene rings is 1. The second-order valence-electron chi connectivity index (χ2n) is 3.30. The van der Waals surface area contributed by atoms with Crippen LogP contribution in [0.4, 0.5) is 0 Å². The summed E-state index contributed by atoms with van der Waals surface area (Å²) in [5.41, 5.74) is 0.934. The molecule has 0 atom stereocenters.